The largest absolute Gasteiger partial charge is 0.301 e. The minimum Gasteiger partial charge on any atom is -0.301 e. The van der Waals surface area contributed by atoms with Crippen molar-refractivity contribution in [2.45, 2.75) is 13.0 Å². The van der Waals surface area contributed by atoms with Crippen molar-refractivity contribution in [1.29, 1.82) is 0 Å². The normalized spacial score (nSPS) is 18.5. The summed E-state index contributed by atoms with van der Waals surface area (Å²) in [5.74, 6) is -0.107. The molecule has 0 aromatic heterocycles. The number of benzene rings is 1. The molecule has 2 nitrogen and oxygen atoms in total. The first kappa shape index (κ1) is 15.4. The van der Waals surface area contributed by atoms with Gasteiger partial charge in [0, 0.05) is 41.5 Å². The number of alkyl halides is 1. The lowest BCUT2D eigenvalue weighted by atomic mass is 10.2. The van der Waals surface area contributed by atoms with E-state index < -0.39 is 0 Å². The maximum atomic E-state index is 13.8. The minimum absolute atomic E-state index is 0.107. The maximum Gasteiger partial charge on any atom is 0.127 e. The van der Waals surface area contributed by atoms with E-state index in [4.69, 9.17) is 0 Å². The molecule has 0 radical (unpaired) electrons. The van der Waals surface area contributed by atoms with E-state index in [9.17, 15) is 4.39 Å². The summed E-state index contributed by atoms with van der Waals surface area (Å²) in [6.45, 7) is 6.07. The molecule has 1 heterocycles. The van der Waals surface area contributed by atoms with E-state index in [1.807, 2.05) is 6.07 Å². The summed E-state index contributed by atoms with van der Waals surface area (Å²) in [5, 5.41) is 1.02. The summed E-state index contributed by atoms with van der Waals surface area (Å²) in [4.78, 5) is 4.81. The molecule has 0 unspecified atom stereocenters. The van der Waals surface area contributed by atoms with Gasteiger partial charge in [-0.1, -0.05) is 31.9 Å². The van der Waals surface area contributed by atoms with Crippen LogP contribution in [0.2, 0.25) is 0 Å². The molecule has 106 valence electrons. The average Bonchev–Trinajstić information content (AvgIpc) is 2.60. The standard InChI is InChI=1S/C14H19Br2FN2/c15-4-7-18-5-1-6-19(9-8-18)11-12-10-13(16)2-3-14(12)17/h2-3,10H,1,4-9,11H2. The molecule has 1 fully saturated rings. The lowest BCUT2D eigenvalue weighted by molar-refractivity contribution is 0.256. The fourth-order valence-corrected chi connectivity index (χ4v) is 3.34. The van der Waals surface area contributed by atoms with Gasteiger partial charge in [-0.05, 0) is 37.7 Å². The Morgan fingerprint density at radius 2 is 1.84 bits per heavy atom. The van der Waals surface area contributed by atoms with E-state index in [1.165, 1.54) is 6.07 Å². The second-order valence-corrected chi connectivity index (χ2v) is 6.60. The molecule has 0 spiro atoms. The monoisotopic (exact) mass is 392 g/mol. The third kappa shape index (κ3) is 4.81. The molecule has 0 aliphatic carbocycles. The highest BCUT2D eigenvalue weighted by molar-refractivity contribution is 9.10. The second-order valence-electron chi connectivity index (χ2n) is 4.90. The SMILES string of the molecule is Fc1ccc(Br)cc1CN1CCCN(CCBr)CC1. The van der Waals surface area contributed by atoms with E-state index >= 15 is 0 Å². The van der Waals surface area contributed by atoms with Crippen LogP contribution >= 0.6 is 31.9 Å². The molecular formula is C14H19Br2FN2. The van der Waals surface area contributed by atoms with E-state index in [1.54, 1.807) is 6.07 Å². The zero-order valence-corrected chi connectivity index (χ0v) is 14.1. The Balaban J connectivity index is 1.94. The van der Waals surface area contributed by atoms with E-state index in [0.717, 1.165) is 54.5 Å². The number of nitrogens with zero attached hydrogens (tertiary/aromatic N) is 2. The van der Waals surface area contributed by atoms with Gasteiger partial charge in [0.15, 0.2) is 0 Å². The first-order valence-corrected chi connectivity index (χ1v) is 8.55. The van der Waals surface area contributed by atoms with Gasteiger partial charge in [0.05, 0.1) is 0 Å². The fourth-order valence-electron chi connectivity index (χ4n) is 2.43. The summed E-state index contributed by atoms with van der Waals surface area (Å²) < 4.78 is 14.7. The van der Waals surface area contributed by atoms with Gasteiger partial charge in [-0.15, -0.1) is 0 Å². The summed E-state index contributed by atoms with van der Waals surface area (Å²) in [6, 6.07) is 5.17. The number of halogens is 3. The summed E-state index contributed by atoms with van der Waals surface area (Å²) in [5.41, 5.74) is 0.781. The molecular weight excluding hydrogens is 375 g/mol. The highest BCUT2D eigenvalue weighted by Crippen LogP contribution is 2.18. The molecule has 0 bridgehead atoms. The van der Waals surface area contributed by atoms with Crippen molar-refractivity contribution in [2.75, 3.05) is 38.1 Å². The molecule has 1 saturated heterocycles. The van der Waals surface area contributed by atoms with Gasteiger partial charge >= 0.3 is 0 Å². The second kappa shape index (κ2) is 7.72. The summed E-state index contributed by atoms with van der Waals surface area (Å²) >= 11 is 6.89. The first-order valence-electron chi connectivity index (χ1n) is 6.63. The smallest absolute Gasteiger partial charge is 0.127 e. The van der Waals surface area contributed by atoms with Crippen LogP contribution in [0, 0.1) is 5.82 Å². The molecule has 1 aliphatic rings. The molecule has 2 rings (SSSR count). The molecule has 1 aromatic carbocycles. The topological polar surface area (TPSA) is 6.48 Å². The van der Waals surface area contributed by atoms with Crippen LogP contribution in [0.25, 0.3) is 0 Å². The predicted molar refractivity (Wildman–Crippen MR) is 84.2 cm³/mol. The van der Waals surface area contributed by atoms with Crippen LogP contribution in [0.1, 0.15) is 12.0 Å². The van der Waals surface area contributed by atoms with Crippen LogP contribution < -0.4 is 0 Å². The van der Waals surface area contributed by atoms with Gasteiger partial charge < -0.3 is 4.90 Å². The highest BCUT2D eigenvalue weighted by atomic mass is 79.9. The quantitative estimate of drug-likeness (QED) is 0.722. The Hall–Kier alpha value is 0.0300. The van der Waals surface area contributed by atoms with Crippen LogP contribution in [-0.4, -0.2) is 47.9 Å². The maximum absolute atomic E-state index is 13.8. The van der Waals surface area contributed by atoms with Crippen molar-refractivity contribution in [3.63, 3.8) is 0 Å². The average molecular weight is 394 g/mol. The zero-order valence-electron chi connectivity index (χ0n) is 10.9. The molecule has 1 aliphatic heterocycles. The lowest BCUT2D eigenvalue weighted by Gasteiger charge is -2.21. The Kier molecular flexibility index (Phi) is 6.26. The summed E-state index contributed by atoms with van der Waals surface area (Å²) in [6.07, 6.45) is 1.16. The summed E-state index contributed by atoms with van der Waals surface area (Å²) in [7, 11) is 0. The van der Waals surface area contributed by atoms with Crippen molar-refractivity contribution in [3.05, 3.63) is 34.1 Å². The van der Waals surface area contributed by atoms with Crippen LogP contribution in [-0.2, 0) is 6.54 Å². The fraction of sp³-hybridized carbons (Fsp3) is 0.571. The number of rotatable bonds is 4. The third-order valence-electron chi connectivity index (χ3n) is 3.48. The van der Waals surface area contributed by atoms with Crippen molar-refractivity contribution >= 4 is 31.9 Å². The van der Waals surface area contributed by atoms with Crippen molar-refractivity contribution < 1.29 is 4.39 Å². The molecule has 0 amide bonds. The Labute approximate surface area is 131 Å². The predicted octanol–water partition coefficient (Wildman–Crippen LogP) is 3.49. The van der Waals surface area contributed by atoms with Crippen LogP contribution in [0.3, 0.4) is 0 Å². The van der Waals surface area contributed by atoms with Crippen molar-refractivity contribution in [2.24, 2.45) is 0 Å². The molecule has 5 heteroatoms. The van der Waals surface area contributed by atoms with Gasteiger partial charge in [0.1, 0.15) is 5.82 Å². The number of hydrogen-bond donors (Lipinski definition) is 0. The lowest BCUT2D eigenvalue weighted by Crippen LogP contribution is -2.31. The molecule has 0 saturated carbocycles. The van der Waals surface area contributed by atoms with Gasteiger partial charge in [0.25, 0.3) is 0 Å². The van der Waals surface area contributed by atoms with Crippen LogP contribution in [0.5, 0.6) is 0 Å². The van der Waals surface area contributed by atoms with Gasteiger partial charge in [-0.2, -0.15) is 0 Å². The zero-order chi connectivity index (χ0) is 13.7. The molecule has 0 N–H and O–H groups in total. The van der Waals surface area contributed by atoms with Gasteiger partial charge in [-0.25, -0.2) is 4.39 Å². The Morgan fingerprint density at radius 3 is 2.63 bits per heavy atom. The Morgan fingerprint density at radius 1 is 1.11 bits per heavy atom. The van der Waals surface area contributed by atoms with E-state index in [2.05, 4.69) is 41.7 Å². The third-order valence-corrected chi connectivity index (χ3v) is 4.33. The van der Waals surface area contributed by atoms with E-state index in [-0.39, 0.29) is 5.82 Å². The van der Waals surface area contributed by atoms with Gasteiger partial charge in [-0.3, -0.25) is 4.90 Å². The van der Waals surface area contributed by atoms with Crippen LogP contribution in [0.4, 0.5) is 4.39 Å². The number of hydrogen-bond acceptors (Lipinski definition) is 2. The Bertz CT molecular complexity index is 414. The first-order chi connectivity index (χ1) is 9.19. The highest BCUT2D eigenvalue weighted by Gasteiger charge is 2.15. The molecule has 0 atom stereocenters. The molecule has 1 aromatic rings. The minimum atomic E-state index is -0.107. The van der Waals surface area contributed by atoms with E-state index in [0.29, 0.717) is 6.54 Å². The molecule has 19 heavy (non-hydrogen) atoms. The van der Waals surface area contributed by atoms with Gasteiger partial charge in [0.2, 0.25) is 0 Å². The van der Waals surface area contributed by atoms with Crippen molar-refractivity contribution in [1.82, 2.24) is 9.80 Å². The van der Waals surface area contributed by atoms with Crippen molar-refractivity contribution in [3.8, 4) is 0 Å². The van der Waals surface area contributed by atoms with Crippen LogP contribution in [0.15, 0.2) is 22.7 Å².